The van der Waals surface area contributed by atoms with Crippen molar-refractivity contribution in [2.45, 2.75) is 6.18 Å². The van der Waals surface area contributed by atoms with Gasteiger partial charge in [-0.1, -0.05) is 17.7 Å². The number of carbonyl (C=O) groups excluding carboxylic acids is 1. The van der Waals surface area contributed by atoms with E-state index in [0.29, 0.717) is 0 Å². The van der Waals surface area contributed by atoms with Crippen LogP contribution >= 0.6 is 11.6 Å². The monoisotopic (exact) mass is 369 g/mol. The molecule has 0 aromatic heterocycles. The van der Waals surface area contributed by atoms with Gasteiger partial charge in [0.15, 0.2) is 0 Å². The van der Waals surface area contributed by atoms with Crippen LogP contribution in [-0.4, -0.2) is 12.1 Å². The van der Waals surface area contributed by atoms with Crippen LogP contribution in [0.15, 0.2) is 41.5 Å². The number of rotatable bonds is 3. The van der Waals surface area contributed by atoms with Crippen LogP contribution in [-0.2, 0) is 6.18 Å². The second-order valence-corrected chi connectivity index (χ2v) is 5.17. The lowest BCUT2D eigenvalue weighted by Gasteiger charge is -2.10. The largest absolute Gasteiger partial charge is 0.417 e. The van der Waals surface area contributed by atoms with Crippen molar-refractivity contribution in [3.05, 3.63) is 69.5 Å². The second-order valence-electron chi connectivity index (χ2n) is 4.73. The third-order valence-corrected chi connectivity index (χ3v) is 3.27. The van der Waals surface area contributed by atoms with Crippen LogP contribution in [0.2, 0.25) is 5.02 Å². The summed E-state index contributed by atoms with van der Waals surface area (Å²) in [6.45, 7) is 0. The lowest BCUT2D eigenvalue weighted by Crippen LogP contribution is -2.19. The molecule has 0 aliphatic rings. The highest BCUT2D eigenvalue weighted by atomic mass is 35.5. The van der Waals surface area contributed by atoms with E-state index in [-0.39, 0.29) is 16.1 Å². The van der Waals surface area contributed by atoms with Gasteiger partial charge in [0.2, 0.25) is 0 Å². The van der Waals surface area contributed by atoms with Crippen LogP contribution in [0.4, 0.5) is 17.6 Å². The van der Waals surface area contributed by atoms with Crippen LogP contribution in [0.3, 0.4) is 0 Å². The van der Waals surface area contributed by atoms with Gasteiger partial charge < -0.3 is 0 Å². The van der Waals surface area contributed by atoms with Gasteiger partial charge in [-0.3, -0.25) is 4.79 Å². The molecule has 1 N–H and O–H groups in total. The Bertz CT molecular complexity index is 888. The SMILES string of the molecule is N#Cc1ccc(F)c(C(=O)NN=Cc2ccc(Cl)cc2C(F)(F)F)c1. The van der Waals surface area contributed by atoms with Gasteiger partial charge in [-0.25, -0.2) is 9.82 Å². The van der Waals surface area contributed by atoms with Crippen molar-refractivity contribution in [1.29, 1.82) is 5.26 Å². The molecule has 0 aliphatic carbocycles. The van der Waals surface area contributed by atoms with Crippen molar-refractivity contribution in [3.8, 4) is 6.07 Å². The minimum Gasteiger partial charge on any atom is -0.267 e. The molecule has 0 spiro atoms. The number of hydrogen-bond acceptors (Lipinski definition) is 3. The number of benzene rings is 2. The molecular formula is C16H8ClF4N3O. The predicted octanol–water partition coefficient (Wildman–Crippen LogP) is 4.13. The van der Waals surface area contributed by atoms with Gasteiger partial charge in [0.05, 0.1) is 29.0 Å². The molecule has 0 atom stereocenters. The summed E-state index contributed by atoms with van der Waals surface area (Å²) in [6, 6.07) is 7.89. The summed E-state index contributed by atoms with van der Waals surface area (Å²) in [7, 11) is 0. The summed E-state index contributed by atoms with van der Waals surface area (Å²) in [5, 5.41) is 12.0. The van der Waals surface area contributed by atoms with Crippen LogP contribution < -0.4 is 5.43 Å². The molecule has 0 radical (unpaired) electrons. The first-order chi connectivity index (χ1) is 11.7. The van der Waals surface area contributed by atoms with Crippen molar-refractivity contribution in [1.82, 2.24) is 5.43 Å². The first-order valence-electron chi connectivity index (χ1n) is 6.62. The Hall–Kier alpha value is -2.92. The Morgan fingerprint density at radius 1 is 1.24 bits per heavy atom. The molecule has 2 aromatic rings. The molecular weight excluding hydrogens is 362 g/mol. The van der Waals surface area contributed by atoms with Crippen LogP contribution in [0.25, 0.3) is 0 Å². The van der Waals surface area contributed by atoms with E-state index in [9.17, 15) is 22.4 Å². The highest BCUT2D eigenvalue weighted by Crippen LogP contribution is 2.33. The molecule has 0 bridgehead atoms. The van der Waals surface area contributed by atoms with E-state index in [4.69, 9.17) is 16.9 Å². The topological polar surface area (TPSA) is 65.2 Å². The van der Waals surface area contributed by atoms with Gasteiger partial charge in [-0.05, 0) is 30.3 Å². The number of carbonyl (C=O) groups is 1. The van der Waals surface area contributed by atoms with Gasteiger partial charge in [0.25, 0.3) is 5.91 Å². The zero-order valence-electron chi connectivity index (χ0n) is 12.2. The first kappa shape index (κ1) is 18.4. The van der Waals surface area contributed by atoms with Crippen molar-refractivity contribution >= 4 is 23.7 Å². The number of nitrogens with one attached hydrogen (secondary N) is 1. The predicted molar refractivity (Wildman–Crippen MR) is 82.6 cm³/mol. The number of alkyl halides is 3. The Labute approximate surface area is 144 Å². The van der Waals surface area contributed by atoms with Crippen molar-refractivity contribution in [2.75, 3.05) is 0 Å². The Morgan fingerprint density at radius 2 is 1.96 bits per heavy atom. The lowest BCUT2D eigenvalue weighted by atomic mass is 10.1. The summed E-state index contributed by atoms with van der Waals surface area (Å²) in [5.41, 5.74) is 0.145. The molecule has 128 valence electrons. The van der Waals surface area contributed by atoms with Gasteiger partial charge in [0.1, 0.15) is 5.82 Å². The maximum absolute atomic E-state index is 13.6. The minimum atomic E-state index is -4.66. The Kier molecular flexibility index (Phi) is 5.39. The van der Waals surface area contributed by atoms with E-state index in [1.54, 1.807) is 6.07 Å². The minimum absolute atomic E-state index is 0.0487. The normalized spacial score (nSPS) is 11.4. The number of amides is 1. The molecule has 2 rings (SSSR count). The van der Waals surface area contributed by atoms with E-state index < -0.39 is 29.0 Å². The standard InChI is InChI=1S/C16H8ClF4N3O/c17-11-3-2-10(13(6-11)16(19,20)21)8-23-24-15(25)12-5-9(7-22)1-4-14(12)18/h1-6,8H,(H,24,25). The third kappa shape index (κ3) is 4.55. The molecule has 0 unspecified atom stereocenters. The number of halogens is 5. The van der Waals surface area contributed by atoms with Crippen molar-refractivity contribution in [2.24, 2.45) is 5.10 Å². The Morgan fingerprint density at radius 3 is 2.60 bits per heavy atom. The molecule has 2 aromatic carbocycles. The third-order valence-electron chi connectivity index (χ3n) is 3.03. The number of hydrogen-bond donors (Lipinski definition) is 1. The lowest BCUT2D eigenvalue weighted by molar-refractivity contribution is -0.137. The van der Waals surface area contributed by atoms with E-state index in [0.717, 1.165) is 30.5 Å². The quantitative estimate of drug-likeness (QED) is 0.502. The van der Waals surface area contributed by atoms with Crippen molar-refractivity contribution < 1.29 is 22.4 Å². The zero-order valence-corrected chi connectivity index (χ0v) is 13.0. The number of nitrogens with zero attached hydrogens (tertiary/aromatic N) is 2. The van der Waals surface area contributed by atoms with E-state index in [1.165, 1.54) is 12.1 Å². The fourth-order valence-electron chi connectivity index (χ4n) is 1.88. The van der Waals surface area contributed by atoms with Gasteiger partial charge in [-0.15, -0.1) is 0 Å². The average Bonchev–Trinajstić information content (AvgIpc) is 2.55. The fourth-order valence-corrected chi connectivity index (χ4v) is 2.05. The van der Waals surface area contributed by atoms with E-state index in [2.05, 4.69) is 5.10 Å². The maximum atomic E-state index is 13.6. The highest BCUT2D eigenvalue weighted by Gasteiger charge is 2.33. The summed E-state index contributed by atoms with van der Waals surface area (Å²) < 4.78 is 52.4. The summed E-state index contributed by atoms with van der Waals surface area (Å²) in [4.78, 5) is 11.8. The molecule has 25 heavy (non-hydrogen) atoms. The number of hydrazone groups is 1. The zero-order chi connectivity index (χ0) is 18.6. The van der Waals surface area contributed by atoms with E-state index >= 15 is 0 Å². The maximum Gasteiger partial charge on any atom is 0.417 e. The summed E-state index contributed by atoms with van der Waals surface area (Å²) >= 11 is 5.55. The first-order valence-corrected chi connectivity index (χ1v) is 7.00. The molecule has 0 heterocycles. The molecule has 9 heteroatoms. The van der Waals surface area contributed by atoms with Crippen LogP contribution in [0.1, 0.15) is 27.0 Å². The molecule has 1 amide bonds. The van der Waals surface area contributed by atoms with E-state index in [1.807, 2.05) is 5.43 Å². The summed E-state index contributed by atoms with van der Waals surface area (Å²) in [6.07, 6.45) is -3.90. The summed E-state index contributed by atoms with van der Waals surface area (Å²) in [5.74, 6) is -1.90. The second kappa shape index (κ2) is 7.32. The average molecular weight is 370 g/mol. The molecule has 0 saturated heterocycles. The Balaban J connectivity index is 2.22. The van der Waals surface area contributed by atoms with Crippen LogP contribution in [0.5, 0.6) is 0 Å². The fraction of sp³-hybridized carbons (Fsp3) is 0.0625. The molecule has 0 saturated carbocycles. The highest BCUT2D eigenvalue weighted by molar-refractivity contribution is 6.30. The van der Waals surface area contributed by atoms with Crippen LogP contribution in [0, 0.1) is 17.1 Å². The molecule has 0 aliphatic heterocycles. The van der Waals surface area contributed by atoms with Crippen molar-refractivity contribution in [3.63, 3.8) is 0 Å². The smallest absolute Gasteiger partial charge is 0.267 e. The van der Waals surface area contributed by atoms with Gasteiger partial charge in [0, 0.05) is 10.6 Å². The molecule has 0 fully saturated rings. The van der Waals surface area contributed by atoms with Gasteiger partial charge >= 0.3 is 6.18 Å². The molecule has 4 nitrogen and oxygen atoms in total. The van der Waals surface area contributed by atoms with Gasteiger partial charge in [-0.2, -0.15) is 23.5 Å². The number of nitriles is 1.